The lowest BCUT2D eigenvalue weighted by Crippen LogP contribution is -2.03. The first-order valence-corrected chi connectivity index (χ1v) is 6.87. The quantitative estimate of drug-likeness (QED) is 0.801. The molecule has 1 N–H and O–H groups in total. The highest BCUT2D eigenvalue weighted by atomic mass is 35.5. The average molecular weight is 301 g/mol. The molecule has 4 nitrogen and oxygen atoms in total. The fraction of sp³-hybridized carbons (Fsp3) is 0.125. The van der Waals surface area contributed by atoms with Crippen LogP contribution >= 0.6 is 11.6 Å². The number of hydrogen-bond acceptors (Lipinski definition) is 2. The Balaban J connectivity index is 2.08. The number of halogens is 1. The summed E-state index contributed by atoms with van der Waals surface area (Å²) in [4.78, 5) is 15.6. The van der Waals surface area contributed by atoms with E-state index in [1.807, 2.05) is 35.8 Å². The molecule has 3 aromatic rings. The van der Waals surface area contributed by atoms with Crippen LogP contribution in [0.15, 0.2) is 42.5 Å². The van der Waals surface area contributed by atoms with Crippen molar-refractivity contribution in [2.75, 3.05) is 0 Å². The van der Waals surface area contributed by atoms with Gasteiger partial charge in [-0.1, -0.05) is 23.7 Å². The smallest absolute Gasteiger partial charge is 0.335 e. The molecular formula is C16H13ClN2O2. The molecule has 0 spiro atoms. The maximum Gasteiger partial charge on any atom is 0.335 e. The number of aromatic carboxylic acids is 1. The van der Waals surface area contributed by atoms with Crippen molar-refractivity contribution in [3.05, 3.63) is 64.4 Å². The summed E-state index contributed by atoms with van der Waals surface area (Å²) in [6.45, 7) is 2.54. The molecule has 0 radical (unpaired) electrons. The number of aryl methyl sites for hydroxylation is 1. The zero-order valence-corrected chi connectivity index (χ0v) is 12.1. The molecule has 1 aromatic heterocycles. The van der Waals surface area contributed by atoms with Gasteiger partial charge in [-0.05, 0) is 42.8 Å². The van der Waals surface area contributed by atoms with Gasteiger partial charge in [-0.3, -0.25) is 0 Å². The Bertz CT molecular complexity index is 822. The molecular weight excluding hydrogens is 288 g/mol. The van der Waals surface area contributed by atoms with E-state index in [0.29, 0.717) is 11.6 Å². The van der Waals surface area contributed by atoms with Crippen LogP contribution in [0.3, 0.4) is 0 Å². The molecule has 5 heteroatoms. The first-order chi connectivity index (χ1) is 10.0. The van der Waals surface area contributed by atoms with Gasteiger partial charge in [0.2, 0.25) is 0 Å². The first kappa shape index (κ1) is 13.6. The number of hydrogen-bond donors (Lipinski definition) is 1. The van der Waals surface area contributed by atoms with Gasteiger partial charge in [-0.15, -0.1) is 0 Å². The molecule has 3 rings (SSSR count). The SMILES string of the molecule is Cc1nc2ccc(C(=O)O)cc2n1Cc1ccc(Cl)cc1. The van der Waals surface area contributed by atoms with E-state index in [0.717, 1.165) is 22.4 Å². The predicted octanol–water partition coefficient (Wildman–Crippen LogP) is 3.74. The molecule has 0 unspecified atom stereocenters. The second-order valence-electron chi connectivity index (χ2n) is 4.88. The van der Waals surface area contributed by atoms with Crippen molar-refractivity contribution in [2.45, 2.75) is 13.5 Å². The van der Waals surface area contributed by atoms with Gasteiger partial charge in [0, 0.05) is 11.6 Å². The summed E-state index contributed by atoms with van der Waals surface area (Å²) in [6, 6.07) is 12.6. The van der Waals surface area contributed by atoms with Crippen LogP contribution < -0.4 is 0 Å². The van der Waals surface area contributed by atoms with Crippen LogP contribution in [0.5, 0.6) is 0 Å². The van der Waals surface area contributed by atoms with Crippen LogP contribution in [0.4, 0.5) is 0 Å². The van der Waals surface area contributed by atoms with Gasteiger partial charge in [0.05, 0.1) is 16.6 Å². The maximum absolute atomic E-state index is 11.1. The van der Waals surface area contributed by atoms with Crippen LogP contribution in [0, 0.1) is 6.92 Å². The third-order valence-electron chi connectivity index (χ3n) is 3.44. The van der Waals surface area contributed by atoms with Crippen LogP contribution in [0.1, 0.15) is 21.7 Å². The van der Waals surface area contributed by atoms with Crippen molar-refractivity contribution < 1.29 is 9.90 Å². The maximum atomic E-state index is 11.1. The topological polar surface area (TPSA) is 55.1 Å². The fourth-order valence-electron chi connectivity index (χ4n) is 2.35. The lowest BCUT2D eigenvalue weighted by molar-refractivity contribution is 0.0697. The number of imidazole rings is 1. The minimum absolute atomic E-state index is 0.264. The predicted molar refractivity (Wildman–Crippen MR) is 82.0 cm³/mol. The number of fused-ring (bicyclic) bond motifs is 1. The Hall–Kier alpha value is -2.33. The highest BCUT2D eigenvalue weighted by molar-refractivity contribution is 6.30. The number of rotatable bonds is 3. The summed E-state index contributed by atoms with van der Waals surface area (Å²) in [5.41, 5.74) is 2.97. The number of carbonyl (C=O) groups is 1. The molecule has 1 heterocycles. The lowest BCUT2D eigenvalue weighted by atomic mass is 10.2. The fourth-order valence-corrected chi connectivity index (χ4v) is 2.47. The van der Waals surface area contributed by atoms with Gasteiger partial charge >= 0.3 is 5.97 Å². The monoisotopic (exact) mass is 300 g/mol. The van der Waals surface area contributed by atoms with E-state index >= 15 is 0 Å². The molecule has 2 aromatic carbocycles. The van der Waals surface area contributed by atoms with E-state index in [-0.39, 0.29) is 5.56 Å². The van der Waals surface area contributed by atoms with E-state index in [1.54, 1.807) is 18.2 Å². The van der Waals surface area contributed by atoms with E-state index in [9.17, 15) is 4.79 Å². The Morgan fingerprint density at radius 3 is 2.62 bits per heavy atom. The van der Waals surface area contributed by atoms with Gasteiger partial charge in [-0.2, -0.15) is 0 Å². The van der Waals surface area contributed by atoms with Crippen molar-refractivity contribution in [1.29, 1.82) is 0 Å². The summed E-state index contributed by atoms with van der Waals surface area (Å²) >= 11 is 5.89. The van der Waals surface area contributed by atoms with E-state index in [4.69, 9.17) is 16.7 Å². The number of carboxylic acids is 1. The molecule has 106 valence electrons. The van der Waals surface area contributed by atoms with Crippen LogP contribution in [0.2, 0.25) is 5.02 Å². The Morgan fingerprint density at radius 1 is 1.24 bits per heavy atom. The second-order valence-corrected chi connectivity index (χ2v) is 5.32. The van der Waals surface area contributed by atoms with Crippen molar-refractivity contribution >= 4 is 28.6 Å². The van der Waals surface area contributed by atoms with Crippen molar-refractivity contribution in [3.8, 4) is 0 Å². The Morgan fingerprint density at radius 2 is 1.95 bits per heavy atom. The van der Waals surface area contributed by atoms with Crippen molar-refractivity contribution in [1.82, 2.24) is 9.55 Å². The highest BCUT2D eigenvalue weighted by Gasteiger charge is 2.11. The molecule has 0 aliphatic heterocycles. The summed E-state index contributed by atoms with van der Waals surface area (Å²) < 4.78 is 2.00. The van der Waals surface area contributed by atoms with E-state index in [2.05, 4.69) is 4.98 Å². The van der Waals surface area contributed by atoms with Gasteiger partial charge in [0.1, 0.15) is 5.82 Å². The molecule has 0 aliphatic carbocycles. The van der Waals surface area contributed by atoms with Crippen molar-refractivity contribution in [2.24, 2.45) is 0 Å². The minimum Gasteiger partial charge on any atom is -0.478 e. The van der Waals surface area contributed by atoms with Crippen molar-refractivity contribution in [3.63, 3.8) is 0 Å². The zero-order chi connectivity index (χ0) is 15.0. The van der Waals surface area contributed by atoms with Crippen LogP contribution in [0.25, 0.3) is 11.0 Å². The zero-order valence-electron chi connectivity index (χ0n) is 11.4. The number of aromatic nitrogens is 2. The largest absolute Gasteiger partial charge is 0.478 e. The summed E-state index contributed by atoms with van der Waals surface area (Å²) in [7, 11) is 0. The Kier molecular flexibility index (Phi) is 3.39. The number of carboxylic acid groups (broad SMARTS) is 1. The third-order valence-corrected chi connectivity index (χ3v) is 3.69. The van der Waals surface area contributed by atoms with Gasteiger partial charge in [-0.25, -0.2) is 9.78 Å². The van der Waals surface area contributed by atoms with Gasteiger partial charge in [0.25, 0.3) is 0 Å². The highest BCUT2D eigenvalue weighted by Crippen LogP contribution is 2.20. The molecule has 0 aliphatic rings. The second kappa shape index (κ2) is 5.22. The minimum atomic E-state index is -0.936. The molecule has 0 saturated heterocycles. The van der Waals surface area contributed by atoms with E-state index in [1.165, 1.54) is 0 Å². The third kappa shape index (κ3) is 2.62. The first-order valence-electron chi connectivity index (χ1n) is 6.49. The summed E-state index contributed by atoms with van der Waals surface area (Å²) in [5, 5.41) is 9.81. The molecule has 0 fully saturated rings. The van der Waals surface area contributed by atoms with Gasteiger partial charge < -0.3 is 9.67 Å². The number of nitrogens with zero attached hydrogens (tertiary/aromatic N) is 2. The molecule has 21 heavy (non-hydrogen) atoms. The van der Waals surface area contributed by atoms with Crippen LogP contribution in [-0.2, 0) is 6.54 Å². The average Bonchev–Trinajstić information content (AvgIpc) is 2.77. The van der Waals surface area contributed by atoms with Crippen LogP contribution in [-0.4, -0.2) is 20.6 Å². The standard InChI is InChI=1S/C16H13ClN2O2/c1-10-18-14-7-4-12(16(20)21)8-15(14)19(10)9-11-2-5-13(17)6-3-11/h2-8H,9H2,1H3,(H,20,21). The van der Waals surface area contributed by atoms with E-state index < -0.39 is 5.97 Å². The molecule has 0 atom stereocenters. The van der Waals surface area contributed by atoms with Gasteiger partial charge in [0.15, 0.2) is 0 Å². The molecule has 0 saturated carbocycles. The number of benzene rings is 2. The summed E-state index contributed by atoms with van der Waals surface area (Å²) in [6.07, 6.45) is 0. The lowest BCUT2D eigenvalue weighted by Gasteiger charge is -2.07. The normalized spacial score (nSPS) is 11.0. The molecule has 0 amide bonds. The Labute approximate surface area is 126 Å². The summed E-state index contributed by atoms with van der Waals surface area (Å²) in [5.74, 6) is -0.0868. The molecule has 0 bridgehead atoms.